The molecule has 1 N–H and O–H groups in total. The number of carboxylic acids is 1. The van der Waals surface area contributed by atoms with Gasteiger partial charge in [-0.3, -0.25) is 14.9 Å². The number of aliphatic carboxylic acids is 1. The minimum atomic E-state index is -0.880. The van der Waals surface area contributed by atoms with Gasteiger partial charge >= 0.3 is 11.7 Å². The van der Waals surface area contributed by atoms with Gasteiger partial charge in [0.2, 0.25) is 5.82 Å². The summed E-state index contributed by atoms with van der Waals surface area (Å²) in [5, 5.41) is 20.1. The van der Waals surface area contributed by atoms with E-state index in [1.807, 2.05) is 6.92 Å². The number of hydrogen-bond acceptors (Lipinski definition) is 5. The SMILES string of the molecule is C[C@@H]1CN(c2ncc(Br)cc2[N+](=O)[O-])C[C@H]1C(=O)O. The van der Waals surface area contributed by atoms with Crippen molar-refractivity contribution >= 4 is 33.4 Å². The summed E-state index contributed by atoms with van der Waals surface area (Å²) in [7, 11) is 0. The molecule has 0 unspecified atom stereocenters. The summed E-state index contributed by atoms with van der Waals surface area (Å²) < 4.78 is 0.518. The number of carboxylic acid groups (broad SMARTS) is 1. The Bertz CT molecular complexity index is 537. The number of carbonyl (C=O) groups is 1. The van der Waals surface area contributed by atoms with Crippen molar-refractivity contribution in [3.8, 4) is 0 Å². The normalized spacial score (nSPS) is 22.5. The maximum Gasteiger partial charge on any atom is 0.312 e. The predicted molar refractivity (Wildman–Crippen MR) is 71.1 cm³/mol. The first kappa shape index (κ1) is 13.7. The first-order valence-electron chi connectivity index (χ1n) is 5.68. The van der Waals surface area contributed by atoms with E-state index >= 15 is 0 Å². The fourth-order valence-electron chi connectivity index (χ4n) is 2.26. The van der Waals surface area contributed by atoms with Crippen LogP contribution in [0.5, 0.6) is 0 Å². The van der Waals surface area contributed by atoms with Crippen LogP contribution in [-0.2, 0) is 4.79 Å². The van der Waals surface area contributed by atoms with Gasteiger partial charge in [0.15, 0.2) is 0 Å². The third-order valence-electron chi connectivity index (χ3n) is 3.24. The van der Waals surface area contributed by atoms with Crippen LogP contribution in [0.25, 0.3) is 0 Å². The Morgan fingerprint density at radius 1 is 1.63 bits per heavy atom. The van der Waals surface area contributed by atoms with Crippen LogP contribution in [-0.4, -0.2) is 34.1 Å². The number of rotatable bonds is 3. The molecule has 2 atom stereocenters. The van der Waals surface area contributed by atoms with Crippen LogP contribution in [0.1, 0.15) is 6.92 Å². The van der Waals surface area contributed by atoms with Crippen molar-refractivity contribution in [3.63, 3.8) is 0 Å². The smallest absolute Gasteiger partial charge is 0.312 e. The second kappa shape index (κ2) is 5.12. The molecule has 0 bridgehead atoms. The molecule has 2 heterocycles. The number of halogens is 1. The van der Waals surface area contributed by atoms with Gasteiger partial charge in [0, 0.05) is 29.8 Å². The van der Waals surface area contributed by atoms with E-state index in [0.717, 1.165) is 0 Å². The molecule has 1 aliphatic heterocycles. The first-order chi connectivity index (χ1) is 8.90. The third kappa shape index (κ3) is 2.67. The molecule has 2 rings (SSSR count). The van der Waals surface area contributed by atoms with Crippen LogP contribution in [0.2, 0.25) is 0 Å². The summed E-state index contributed by atoms with van der Waals surface area (Å²) in [6, 6.07) is 1.38. The average molecular weight is 330 g/mol. The second-order valence-corrected chi connectivity index (χ2v) is 5.50. The zero-order valence-electron chi connectivity index (χ0n) is 10.1. The highest BCUT2D eigenvalue weighted by Gasteiger charge is 2.37. The first-order valence-corrected chi connectivity index (χ1v) is 6.47. The topological polar surface area (TPSA) is 96.6 Å². The maximum absolute atomic E-state index is 11.1. The lowest BCUT2D eigenvalue weighted by molar-refractivity contribution is -0.384. The van der Waals surface area contributed by atoms with E-state index in [0.29, 0.717) is 11.0 Å². The molecule has 7 nitrogen and oxygen atoms in total. The molecule has 0 amide bonds. The molecule has 0 aliphatic carbocycles. The highest BCUT2D eigenvalue weighted by Crippen LogP contribution is 2.34. The molecule has 0 radical (unpaired) electrons. The van der Waals surface area contributed by atoms with E-state index in [9.17, 15) is 14.9 Å². The molecule has 1 aromatic rings. The summed E-state index contributed by atoms with van der Waals surface area (Å²) in [5.74, 6) is -1.24. The maximum atomic E-state index is 11.1. The largest absolute Gasteiger partial charge is 0.481 e. The summed E-state index contributed by atoms with van der Waals surface area (Å²) in [4.78, 5) is 27.3. The third-order valence-corrected chi connectivity index (χ3v) is 3.67. The van der Waals surface area contributed by atoms with Crippen LogP contribution >= 0.6 is 15.9 Å². The van der Waals surface area contributed by atoms with E-state index in [4.69, 9.17) is 5.11 Å². The average Bonchev–Trinajstić information content (AvgIpc) is 2.71. The van der Waals surface area contributed by atoms with E-state index in [-0.39, 0.29) is 24.0 Å². The van der Waals surface area contributed by atoms with Gasteiger partial charge in [0.1, 0.15) is 0 Å². The van der Waals surface area contributed by atoms with E-state index in [1.54, 1.807) is 4.90 Å². The Hall–Kier alpha value is -1.70. The van der Waals surface area contributed by atoms with Crippen molar-refractivity contribution in [2.24, 2.45) is 11.8 Å². The summed E-state index contributed by atoms with van der Waals surface area (Å²) in [5.41, 5.74) is -0.118. The van der Waals surface area contributed by atoms with E-state index in [2.05, 4.69) is 20.9 Å². The van der Waals surface area contributed by atoms with Gasteiger partial charge in [-0.05, 0) is 21.8 Å². The van der Waals surface area contributed by atoms with Crippen LogP contribution in [0, 0.1) is 22.0 Å². The van der Waals surface area contributed by atoms with Crippen molar-refractivity contribution in [3.05, 3.63) is 26.9 Å². The Morgan fingerprint density at radius 2 is 2.32 bits per heavy atom. The van der Waals surface area contributed by atoms with Crippen LogP contribution in [0.3, 0.4) is 0 Å². The van der Waals surface area contributed by atoms with Gasteiger partial charge in [-0.25, -0.2) is 4.98 Å². The highest BCUT2D eigenvalue weighted by atomic mass is 79.9. The number of anilines is 1. The molecule has 0 spiro atoms. The minimum Gasteiger partial charge on any atom is -0.481 e. The number of pyridine rings is 1. The van der Waals surface area contributed by atoms with Crippen LogP contribution < -0.4 is 4.90 Å². The fourth-order valence-corrected chi connectivity index (χ4v) is 2.58. The summed E-state index contributed by atoms with van der Waals surface area (Å²) in [6.45, 7) is 2.52. The number of nitro groups is 1. The molecule has 1 aromatic heterocycles. The van der Waals surface area contributed by atoms with E-state index < -0.39 is 16.8 Å². The molecule has 1 aliphatic rings. The van der Waals surface area contributed by atoms with E-state index in [1.165, 1.54) is 12.3 Å². The number of hydrogen-bond donors (Lipinski definition) is 1. The van der Waals surface area contributed by atoms with Gasteiger partial charge in [-0.2, -0.15) is 0 Å². The highest BCUT2D eigenvalue weighted by molar-refractivity contribution is 9.10. The lowest BCUT2D eigenvalue weighted by Crippen LogP contribution is -2.24. The molecule has 19 heavy (non-hydrogen) atoms. The quantitative estimate of drug-likeness (QED) is 0.672. The number of aromatic nitrogens is 1. The van der Waals surface area contributed by atoms with Crippen molar-refractivity contribution in [2.45, 2.75) is 6.92 Å². The molecular weight excluding hydrogens is 318 g/mol. The Labute approximate surface area is 117 Å². The molecular formula is C11H12BrN3O4. The predicted octanol–water partition coefficient (Wildman–Crippen LogP) is 1.91. The van der Waals surface area contributed by atoms with Gasteiger partial charge in [-0.15, -0.1) is 0 Å². The Kier molecular flexibility index (Phi) is 3.70. The van der Waals surface area contributed by atoms with Gasteiger partial charge < -0.3 is 10.0 Å². The summed E-state index contributed by atoms with van der Waals surface area (Å²) in [6.07, 6.45) is 1.47. The number of nitrogens with zero attached hydrogens (tertiary/aromatic N) is 3. The van der Waals surface area contributed by atoms with Gasteiger partial charge in [0.25, 0.3) is 0 Å². The molecule has 8 heteroatoms. The standard InChI is InChI=1S/C11H12BrN3O4/c1-6-4-14(5-8(6)11(16)17)10-9(15(18)19)2-7(12)3-13-10/h2-3,6,8H,4-5H2,1H3,(H,16,17)/t6-,8-/m1/s1. The van der Waals surface area contributed by atoms with Crippen LogP contribution in [0.15, 0.2) is 16.7 Å². The molecule has 0 aromatic carbocycles. The lowest BCUT2D eigenvalue weighted by atomic mass is 9.99. The van der Waals surface area contributed by atoms with Crippen molar-refractivity contribution in [2.75, 3.05) is 18.0 Å². The zero-order chi connectivity index (χ0) is 14.2. The molecule has 102 valence electrons. The fraction of sp³-hybridized carbons (Fsp3) is 0.455. The molecule has 1 saturated heterocycles. The van der Waals surface area contributed by atoms with Crippen molar-refractivity contribution < 1.29 is 14.8 Å². The second-order valence-electron chi connectivity index (χ2n) is 4.58. The zero-order valence-corrected chi connectivity index (χ0v) is 11.7. The molecule has 1 fully saturated rings. The van der Waals surface area contributed by atoms with Crippen LogP contribution in [0.4, 0.5) is 11.5 Å². The lowest BCUT2D eigenvalue weighted by Gasteiger charge is -2.16. The Balaban J connectivity index is 2.33. The van der Waals surface area contributed by atoms with Gasteiger partial charge in [0.05, 0.1) is 10.8 Å². The minimum absolute atomic E-state index is 0.0671. The summed E-state index contributed by atoms with van der Waals surface area (Å²) >= 11 is 3.14. The van der Waals surface area contributed by atoms with Crippen molar-refractivity contribution in [1.82, 2.24) is 4.98 Å². The Morgan fingerprint density at radius 3 is 2.84 bits per heavy atom. The van der Waals surface area contributed by atoms with Gasteiger partial charge in [-0.1, -0.05) is 6.92 Å². The molecule has 0 saturated carbocycles. The monoisotopic (exact) mass is 329 g/mol. The van der Waals surface area contributed by atoms with Crippen molar-refractivity contribution in [1.29, 1.82) is 0 Å².